The topological polar surface area (TPSA) is 71.7 Å². The highest BCUT2D eigenvalue weighted by atomic mass is 16.7. The molecule has 0 amide bonds. The Bertz CT molecular complexity index is 627. The van der Waals surface area contributed by atoms with Crippen molar-refractivity contribution in [1.82, 2.24) is 0 Å². The van der Waals surface area contributed by atoms with E-state index in [0.717, 1.165) is 5.56 Å². The number of hydrogen-bond acceptors (Lipinski definition) is 5. The lowest BCUT2D eigenvalue weighted by Gasteiger charge is -2.11. The molecule has 0 unspecified atom stereocenters. The molecule has 0 saturated heterocycles. The molecule has 0 aliphatic rings. The Hall–Kier alpha value is -2.49. The number of nitriles is 1. The summed E-state index contributed by atoms with van der Waals surface area (Å²) in [6, 6.07) is 16.4. The van der Waals surface area contributed by atoms with E-state index in [9.17, 15) is 5.02 Å². The van der Waals surface area contributed by atoms with Crippen LogP contribution in [0.2, 0.25) is 0 Å². The summed E-state index contributed by atoms with van der Waals surface area (Å²) in [5, 5.41) is 18.4. The van der Waals surface area contributed by atoms with Crippen molar-refractivity contribution in [1.29, 1.82) is 5.26 Å². The highest BCUT2D eigenvalue weighted by molar-refractivity contribution is 6.35. The highest BCUT2D eigenvalue weighted by Crippen LogP contribution is 2.24. The van der Waals surface area contributed by atoms with E-state index in [2.05, 4.69) is 4.65 Å². The molecule has 106 valence electrons. The largest absolute Gasteiger partial charge is 0.710 e. The summed E-state index contributed by atoms with van der Waals surface area (Å²) in [7, 11) is -0.0552. The first-order chi connectivity index (χ1) is 10.2. The standard InChI is InChI=1S/C15H14BNO4/c1-19-16(18)21-14-7-8-15(13(9-14)10-17)20-11-12-5-3-2-4-6-12/h2-9,18H,11H2,1H3. The second kappa shape index (κ2) is 7.34. The van der Waals surface area contributed by atoms with Crippen LogP contribution in [0.1, 0.15) is 11.1 Å². The molecular weight excluding hydrogens is 269 g/mol. The molecule has 0 aliphatic carbocycles. The van der Waals surface area contributed by atoms with E-state index in [1.165, 1.54) is 13.2 Å². The minimum atomic E-state index is -1.37. The molecular formula is C15H14BNO4. The molecule has 2 rings (SSSR count). The van der Waals surface area contributed by atoms with Gasteiger partial charge in [0, 0.05) is 7.11 Å². The summed E-state index contributed by atoms with van der Waals surface area (Å²) >= 11 is 0. The fourth-order valence-electron chi connectivity index (χ4n) is 1.70. The Morgan fingerprint density at radius 1 is 1.19 bits per heavy atom. The van der Waals surface area contributed by atoms with E-state index in [1.54, 1.807) is 12.1 Å². The van der Waals surface area contributed by atoms with Gasteiger partial charge in [0.15, 0.2) is 0 Å². The molecule has 0 atom stereocenters. The maximum atomic E-state index is 9.24. The smallest absolute Gasteiger partial charge is 0.512 e. The van der Waals surface area contributed by atoms with E-state index >= 15 is 0 Å². The van der Waals surface area contributed by atoms with Crippen molar-refractivity contribution in [3.8, 4) is 17.6 Å². The average molecular weight is 283 g/mol. The molecule has 0 heterocycles. The van der Waals surface area contributed by atoms with Gasteiger partial charge in [-0.25, -0.2) is 0 Å². The van der Waals surface area contributed by atoms with Crippen molar-refractivity contribution >= 4 is 7.32 Å². The Labute approximate surface area is 123 Å². The van der Waals surface area contributed by atoms with Gasteiger partial charge in [0.25, 0.3) is 0 Å². The number of benzene rings is 2. The van der Waals surface area contributed by atoms with Crippen molar-refractivity contribution in [3.05, 3.63) is 59.7 Å². The van der Waals surface area contributed by atoms with E-state index < -0.39 is 7.32 Å². The third kappa shape index (κ3) is 4.24. The van der Waals surface area contributed by atoms with Gasteiger partial charge in [0.2, 0.25) is 0 Å². The number of ether oxygens (including phenoxy) is 1. The van der Waals surface area contributed by atoms with E-state index in [0.29, 0.717) is 23.7 Å². The molecule has 0 fully saturated rings. The van der Waals surface area contributed by atoms with Crippen LogP contribution in [0.25, 0.3) is 0 Å². The Balaban J connectivity index is 2.08. The fraction of sp³-hybridized carbons (Fsp3) is 0.133. The van der Waals surface area contributed by atoms with Crippen molar-refractivity contribution in [2.45, 2.75) is 6.61 Å². The molecule has 0 radical (unpaired) electrons. The van der Waals surface area contributed by atoms with Crippen molar-refractivity contribution < 1.29 is 19.1 Å². The van der Waals surface area contributed by atoms with Gasteiger partial charge in [-0.2, -0.15) is 5.26 Å². The molecule has 0 spiro atoms. The normalized spacial score (nSPS) is 9.76. The molecule has 0 saturated carbocycles. The van der Waals surface area contributed by atoms with Crippen LogP contribution in [0, 0.1) is 11.3 Å². The van der Waals surface area contributed by atoms with E-state index in [-0.39, 0.29) is 0 Å². The molecule has 6 heteroatoms. The second-order valence-corrected chi connectivity index (χ2v) is 4.20. The molecule has 2 aromatic rings. The van der Waals surface area contributed by atoms with Crippen LogP contribution in [0.4, 0.5) is 0 Å². The zero-order valence-corrected chi connectivity index (χ0v) is 11.5. The van der Waals surface area contributed by atoms with Crippen LogP contribution in [-0.2, 0) is 11.3 Å². The monoisotopic (exact) mass is 283 g/mol. The second-order valence-electron chi connectivity index (χ2n) is 4.20. The first-order valence-corrected chi connectivity index (χ1v) is 6.31. The van der Waals surface area contributed by atoms with Crippen LogP contribution in [0.5, 0.6) is 11.5 Å². The zero-order chi connectivity index (χ0) is 15.1. The van der Waals surface area contributed by atoms with Crippen LogP contribution in [0.15, 0.2) is 48.5 Å². The maximum absolute atomic E-state index is 9.24. The highest BCUT2D eigenvalue weighted by Gasteiger charge is 2.16. The van der Waals surface area contributed by atoms with Crippen molar-refractivity contribution in [3.63, 3.8) is 0 Å². The van der Waals surface area contributed by atoms with Gasteiger partial charge < -0.3 is 19.1 Å². The van der Waals surface area contributed by atoms with E-state index in [1.807, 2.05) is 36.4 Å². The first-order valence-electron chi connectivity index (χ1n) is 6.31. The SMILES string of the molecule is COB(O)Oc1ccc(OCc2ccccc2)c(C#N)c1. The lowest BCUT2D eigenvalue weighted by Crippen LogP contribution is -2.24. The Kier molecular flexibility index (Phi) is 5.21. The zero-order valence-electron chi connectivity index (χ0n) is 11.5. The molecule has 21 heavy (non-hydrogen) atoms. The summed E-state index contributed by atoms with van der Waals surface area (Å²) in [6.45, 7) is 0.371. The molecule has 2 aromatic carbocycles. The Morgan fingerprint density at radius 3 is 2.62 bits per heavy atom. The summed E-state index contributed by atoms with van der Waals surface area (Å²) in [5.41, 5.74) is 1.34. The van der Waals surface area contributed by atoms with E-state index in [4.69, 9.17) is 14.7 Å². The Morgan fingerprint density at radius 2 is 1.95 bits per heavy atom. The maximum Gasteiger partial charge on any atom is 0.710 e. The van der Waals surface area contributed by atoms with Crippen LogP contribution < -0.4 is 9.39 Å². The molecule has 5 nitrogen and oxygen atoms in total. The van der Waals surface area contributed by atoms with Crippen molar-refractivity contribution in [2.24, 2.45) is 0 Å². The van der Waals surface area contributed by atoms with Crippen LogP contribution in [0.3, 0.4) is 0 Å². The van der Waals surface area contributed by atoms with Crippen molar-refractivity contribution in [2.75, 3.05) is 7.11 Å². The summed E-state index contributed by atoms with van der Waals surface area (Å²) in [4.78, 5) is 0. The summed E-state index contributed by atoms with van der Waals surface area (Å²) in [5.74, 6) is 0.786. The van der Waals surface area contributed by atoms with Crippen LogP contribution in [-0.4, -0.2) is 19.5 Å². The molecule has 1 N–H and O–H groups in total. The third-order valence-electron chi connectivity index (χ3n) is 2.75. The predicted octanol–water partition coefficient (Wildman–Crippen LogP) is 2.14. The van der Waals surface area contributed by atoms with Gasteiger partial charge in [0.05, 0.1) is 5.56 Å². The third-order valence-corrected chi connectivity index (χ3v) is 2.75. The van der Waals surface area contributed by atoms with Gasteiger partial charge >= 0.3 is 7.32 Å². The minimum absolute atomic E-state index is 0.326. The number of hydrogen-bond donors (Lipinski definition) is 1. The summed E-state index contributed by atoms with van der Waals surface area (Å²) < 4.78 is 15.3. The number of rotatable bonds is 6. The number of nitrogens with zero attached hydrogens (tertiary/aromatic N) is 1. The van der Waals surface area contributed by atoms with Gasteiger partial charge in [0.1, 0.15) is 24.2 Å². The molecule has 0 aromatic heterocycles. The lowest BCUT2D eigenvalue weighted by molar-refractivity contribution is 0.238. The van der Waals surface area contributed by atoms with Gasteiger partial charge in [-0.15, -0.1) is 0 Å². The van der Waals surface area contributed by atoms with Gasteiger partial charge in [-0.05, 0) is 23.8 Å². The fourth-order valence-corrected chi connectivity index (χ4v) is 1.70. The quantitative estimate of drug-likeness (QED) is 0.822. The summed E-state index contributed by atoms with van der Waals surface area (Å²) in [6.07, 6.45) is 0. The molecule has 0 bridgehead atoms. The predicted molar refractivity (Wildman–Crippen MR) is 77.5 cm³/mol. The van der Waals surface area contributed by atoms with Gasteiger partial charge in [-0.3, -0.25) is 0 Å². The van der Waals surface area contributed by atoms with Crippen LogP contribution >= 0.6 is 0 Å². The first kappa shape index (κ1) is 14.9. The van der Waals surface area contributed by atoms with Gasteiger partial charge in [-0.1, -0.05) is 30.3 Å². The average Bonchev–Trinajstić information content (AvgIpc) is 2.54. The lowest BCUT2D eigenvalue weighted by atomic mass is 10.1. The molecule has 0 aliphatic heterocycles. The minimum Gasteiger partial charge on any atom is -0.512 e.